The Bertz CT molecular complexity index is 536. The highest BCUT2D eigenvalue weighted by Crippen LogP contribution is 2.21. The molecule has 1 fully saturated rings. The van der Waals surface area contributed by atoms with Crippen LogP contribution in [0.15, 0.2) is 24.5 Å². The number of piperidine rings is 1. The van der Waals surface area contributed by atoms with Crippen molar-refractivity contribution in [2.45, 2.75) is 25.8 Å². The first-order chi connectivity index (χ1) is 10.3. The Morgan fingerprint density at radius 3 is 3.05 bits per heavy atom. The molecule has 0 saturated carbocycles. The van der Waals surface area contributed by atoms with Crippen LogP contribution < -0.4 is 5.32 Å². The fourth-order valence-corrected chi connectivity index (χ4v) is 2.96. The lowest BCUT2D eigenvalue weighted by molar-refractivity contribution is 0.163. The van der Waals surface area contributed by atoms with E-state index in [0.717, 1.165) is 43.4 Å². The summed E-state index contributed by atoms with van der Waals surface area (Å²) in [7, 11) is 1.86. The number of imidazole rings is 1. The van der Waals surface area contributed by atoms with Gasteiger partial charge >= 0.3 is 0 Å². The summed E-state index contributed by atoms with van der Waals surface area (Å²) < 4.78 is 0. The second-order valence-corrected chi connectivity index (χ2v) is 5.64. The van der Waals surface area contributed by atoms with Crippen molar-refractivity contribution in [1.29, 1.82) is 0 Å². The molecule has 1 saturated heterocycles. The highest BCUT2D eigenvalue weighted by Gasteiger charge is 2.21. The molecule has 3 heterocycles. The molecule has 112 valence electrons. The standard InChI is InChI=1S/C15H22N6/c1-16-14-5-4-13(19-20-14)9-12-3-2-8-21(10-12)11-15-17-6-7-18-15/h4-7,12H,2-3,8-11H2,1H3,(H,16,20)(H,17,18)/t12-/m1/s1. The van der Waals surface area contributed by atoms with Gasteiger partial charge in [0.25, 0.3) is 0 Å². The van der Waals surface area contributed by atoms with Crippen LogP contribution in [0.3, 0.4) is 0 Å². The summed E-state index contributed by atoms with van der Waals surface area (Å²) in [6.07, 6.45) is 7.22. The molecule has 2 N–H and O–H groups in total. The molecule has 6 heteroatoms. The minimum absolute atomic E-state index is 0.656. The van der Waals surface area contributed by atoms with E-state index in [2.05, 4.69) is 36.4 Å². The zero-order valence-corrected chi connectivity index (χ0v) is 12.4. The number of aromatic nitrogens is 4. The molecule has 1 aliphatic rings. The SMILES string of the molecule is CNc1ccc(C[C@H]2CCCN(Cc3ncc[nH]3)C2)nn1. The van der Waals surface area contributed by atoms with Crippen LogP contribution in [0.2, 0.25) is 0 Å². The minimum atomic E-state index is 0.656. The van der Waals surface area contributed by atoms with Gasteiger partial charge in [0.2, 0.25) is 0 Å². The van der Waals surface area contributed by atoms with Crippen LogP contribution in [-0.4, -0.2) is 45.2 Å². The van der Waals surface area contributed by atoms with Gasteiger partial charge in [-0.3, -0.25) is 4.90 Å². The average Bonchev–Trinajstić information content (AvgIpc) is 3.01. The number of anilines is 1. The number of H-pyrrole nitrogens is 1. The third-order valence-corrected chi connectivity index (χ3v) is 4.01. The Labute approximate surface area is 125 Å². The second-order valence-electron chi connectivity index (χ2n) is 5.64. The van der Waals surface area contributed by atoms with E-state index in [0.29, 0.717) is 5.92 Å². The van der Waals surface area contributed by atoms with Crippen molar-refractivity contribution < 1.29 is 0 Å². The lowest BCUT2D eigenvalue weighted by Gasteiger charge is -2.31. The quantitative estimate of drug-likeness (QED) is 0.875. The number of nitrogens with zero attached hydrogens (tertiary/aromatic N) is 4. The van der Waals surface area contributed by atoms with Crippen molar-refractivity contribution >= 4 is 5.82 Å². The van der Waals surface area contributed by atoms with E-state index in [1.54, 1.807) is 0 Å². The summed E-state index contributed by atoms with van der Waals surface area (Å²) in [5.41, 5.74) is 1.08. The lowest BCUT2D eigenvalue weighted by Crippen LogP contribution is -2.36. The van der Waals surface area contributed by atoms with Gasteiger partial charge in [-0.15, -0.1) is 5.10 Å². The van der Waals surface area contributed by atoms with Gasteiger partial charge < -0.3 is 10.3 Å². The summed E-state index contributed by atoms with van der Waals surface area (Å²) in [4.78, 5) is 9.97. The third kappa shape index (κ3) is 3.78. The van der Waals surface area contributed by atoms with Crippen LogP contribution in [0.5, 0.6) is 0 Å². The van der Waals surface area contributed by atoms with E-state index in [1.807, 2.05) is 25.5 Å². The maximum atomic E-state index is 4.31. The number of rotatable bonds is 5. The fraction of sp³-hybridized carbons (Fsp3) is 0.533. The van der Waals surface area contributed by atoms with Gasteiger partial charge in [-0.25, -0.2) is 4.98 Å². The van der Waals surface area contributed by atoms with Crippen LogP contribution in [0, 0.1) is 5.92 Å². The topological polar surface area (TPSA) is 69.7 Å². The normalized spacial score (nSPS) is 19.6. The fourth-order valence-electron chi connectivity index (χ4n) is 2.96. The first-order valence-electron chi connectivity index (χ1n) is 7.54. The molecule has 6 nitrogen and oxygen atoms in total. The Balaban J connectivity index is 1.55. The summed E-state index contributed by atoms with van der Waals surface area (Å²) >= 11 is 0. The number of hydrogen-bond acceptors (Lipinski definition) is 5. The molecular formula is C15H22N6. The monoisotopic (exact) mass is 286 g/mol. The van der Waals surface area contributed by atoms with Crippen molar-refractivity contribution in [3.8, 4) is 0 Å². The van der Waals surface area contributed by atoms with Crippen LogP contribution in [-0.2, 0) is 13.0 Å². The summed E-state index contributed by atoms with van der Waals surface area (Å²) in [5.74, 6) is 2.53. The average molecular weight is 286 g/mol. The molecule has 0 amide bonds. The van der Waals surface area contributed by atoms with Crippen molar-refractivity contribution in [1.82, 2.24) is 25.1 Å². The molecule has 0 aromatic carbocycles. The van der Waals surface area contributed by atoms with E-state index in [4.69, 9.17) is 0 Å². The van der Waals surface area contributed by atoms with E-state index >= 15 is 0 Å². The maximum absolute atomic E-state index is 4.31. The van der Waals surface area contributed by atoms with Gasteiger partial charge in [-0.05, 0) is 43.9 Å². The maximum Gasteiger partial charge on any atom is 0.148 e. The van der Waals surface area contributed by atoms with Crippen LogP contribution >= 0.6 is 0 Å². The zero-order chi connectivity index (χ0) is 14.5. The van der Waals surface area contributed by atoms with E-state index < -0.39 is 0 Å². The first-order valence-corrected chi connectivity index (χ1v) is 7.54. The molecule has 0 unspecified atom stereocenters. The largest absolute Gasteiger partial charge is 0.372 e. The molecule has 1 aliphatic heterocycles. The van der Waals surface area contributed by atoms with Crippen molar-refractivity contribution in [3.63, 3.8) is 0 Å². The Morgan fingerprint density at radius 1 is 1.38 bits per heavy atom. The molecule has 0 bridgehead atoms. The minimum Gasteiger partial charge on any atom is -0.372 e. The number of hydrogen-bond donors (Lipinski definition) is 2. The van der Waals surface area contributed by atoms with E-state index in [1.165, 1.54) is 12.8 Å². The van der Waals surface area contributed by atoms with Gasteiger partial charge in [0.05, 0.1) is 12.2 Å². The van der Waals surface area contributed by atoms with Gasteiger partial charge in [-0.1, -0.05) is 0 Å². The summed E-state index contributed by atoms with van der Waals surface area (Å²) in [5, 5.41) is 11.4. The highest BCUT2D eigenvalue weighted by molar-refractivity contribution is 5.31. The molecule has 3 rings (SSSR count). The van der Waals surface area contributed by atoms with Crippen LogP contribution in [0.4, 0.5) is 5.82 Å². The van der Waals surface area contributed by atoms with E-state index in [-0.39, 0.29) is 0 Å². The number of aromatic amines is 1. The summed E-state index contributed by atoms with van der Waals surface area (Å²) in [6, 6.07) is 4.07. The molecule has 1 atom stereocenters. The highest BCUT2D eigenvalue weighted by atomic mass is 15.2. The molecule has 21 heavy (non-hydrogen) atoms. The lowest BCUT2D eigenvalue weighted by atomic mass is 9.93. The Hall–Kier alpha value is -1.95. The van der Waals surface area contributed by atoms with Gasteiger partial charge in [-0.2, -0.15) is 5.10 Å². The smallest absolute Gasteiger partial charge is 0.148 e. The van der Waals surface area contributed by atoms with Gasteiger partial charge in [0.15, 0.2) is 0 Å². The number of nitrogens with one attached hydrogen (secondary N) is 2. The Kier molecular flexibility index (Phi) is 4.45. The zero-order valence-electron chi connectivity index (χ0n) is 12.4. The molecule has 0 radical (unpaired) electrons. The van der Waals surface area contributed by atoms with Crippen LogP contribution in [0.1, 0.15) is 24.4 Å². The number of likely N-dealkylation sites (tertiary alicyclic amines) is 1. The molecule has 0 aliphatic carbocycles. The van der Waals surface area contributed by atoms with Crippen LogP contribution in [0.25, 0.3) is 0 Å². The first kappa shape index (κ1) is 14.0. The molecule has 2 aromatic rings. The molecule has 2 aromatic heterocycles. The predicted molar refractivity (Wildman–Crippen MR) is 81.9 cm³/mol. The molecular weight excluding hydrogens is 264 g/mol. The Morgan fingerprint density at radius 2 is 2.33 bits per heavy atom. The third-order valence-electron chi connectivity index (χ3n) is 4.01. The van der Waals surface area contributed by atoms with Gasteiger partial charge in [0, 0.05) is 26.0 Å². The van der Waals surface area contributed by atoms with Crippen molar-refractivity contribution in [2.24, 2.45) is 5.92 Å². The van der Waals surface area contributed by atoms with Gasteiger partial charge in [0.1, 0.15) is 11.6 Å². The van der Waals surface area contributed by atoms with Crippen molar-refractivity contribution in [2.75, 3.05) is 25.5 Å². The van der Waals surface area contributed by atoms with Crippen molar-refractivity contribution in [3.05, 3.63) is 36.0 Å². The van der Waals surface area contributed by atoms with E-state index in [9.17, 15) is 0 Å². The molecule has 0 spiro atoms. The summed E-state index contributed by atoms with van der Waals surface area (Å²) in [6.45, 7) is 3.17. The predicted octanol–water partition coefficient (Wildman–Crippen LogP) is 1.70. The second kappa shape index (κ2) is 6.67.